The van der Waals surface area contributed by atoms with Crippen LogP contribution < -0.4 is 15.1 Å². The summed E-state index contributed by atoms with van der Waals surface area (Å²) in [6, 6.07) is 1.45. The molecule has 0 spiro atoms. The fraction of sp³-hybridized carbons (Fsp3) is 0.500. The second kappa shape index (κ2) is 10.1. The van der Waals surface area contributed by atoms with Crippen LogP contribution in [0.1, 0.15) is 39.5 Å². The van der Waals surface area contributed by atoms with Crippen molar-refractivity contribution in [3.63, 3.8) is 0 Å². The van der Waals surface area contributed by atoms with Crippen molar-refractivity contribution >= 4 is 71.7 Å². The molecule has 2 aromatic rings. The number of hydrogen-bond donors (Lipinski definition) is 4. The number of amides is 1. The predicted molar refractivity (Wildman–Crippen MR) is 135 cm³/mol. The van der Waals surface area contributed by atoms with E-state index in [9.17, 15) is 24.6 Å². The van der Waals surface area contributed by atoms with E-state index in [4.69, 9.17) is 23.2 Å². The first-order chi connectivity index (χ1) is 16.6. The normalized spacial score (nSPS) is 23.1. The van der Waals surface area contributed by atoms with Gasteiger partial charge >= 0.3 is 30.8 Å². The van der Waals surface area contributed by atoms with Gasteiger partial charge < -0.3 is 30.3 Å². The van der Waals surface area contributed by atoms with Gasteiger partial charge in [-0.25, -0.2) is 9.78 Å². The Bertz CT molecular complexity index is 1210. The van der Waals surface area contributed by atoms with Gasteiger partial charge in [-0.2, -0.15) is 4.98 Å². The van der Waals surface area contributed by atoms with Crippen LogP contribution in [0.3, 0.4) is 0 Å². The van der Waals surface area contributed by atoms with E-state index in [1.165, 1.54) is 6.07 Å². The van der Waals surface area contributed by atoms with Crippen LogP contribution in [0.25, 0.3) is 0 Å². The van der Waals surface area contributed by atoms with Gasteiger partial charge in [-0.1, -0.05) is 23.2 Å². The van der Waals surface area contributed by atoms with Crippen molar-refractivity contribution < 1.29 is 24.6 Å². The second-order valence-corrected chi connectivity index (χ2v) is 10.1. The minimum absolute atomic E-state index is 0. The van der Waals surface area contributed by atoms with Crippen LogP contribution in [-0.2, 0) is 4.79 Å². The van der Waals surface area contributed by atoms with Gasteiger partial charge in [0.05, 0.1) is 16.0 Å². The summed E-state index contributed by atoms with van der Waals surface area (Å²) in [6.07, 6.45) is 0.909. The average molecular weight is 531 g/mol. The van der Waals surface area contributed by atoms with Crippen LogP contribution in [0.5, 0.6) is 0 Å². The van der Waals surface area contributed by atoms with Gasteiger partial charge in [0.2, 0.25) is 5.95 Å². The zero-order valence-corrected chi connectivity index (χ0v) is 20.3. The summed E-state index contributed by atoms with van der Waals surface area (Å²) in [5, 5.41) is 22.3. The number of carboxylic acids is 2. The molecule has 4 heterocycles. The monoisotopic (exact) mass is 530 g/mol. The van der Waals surface area contributed by atoms with E-state index >= 15 is 0 Å². The first-order valence-electron chi connectivity index (χ1n) is 11.3. The van der Waals surface area contributed by atoms with Crippen molar-refractivity contribution in [1.82, 2.24) is 20.3 Å². The van der Waals surface area contributed by atoms with Crippen molar-refractivity contribution in [3.8, 4) is 0 Å². The molecule has 188 valence electrons. The molecule has 2 aliphatic heterocycles. The molecule has 0 aromatic carbocycles. The molecule has 0 bridgehead atoms. The summed E-state index contributed by atoms with van der Waals surface area (Å²) in [4.78, 5) is 51.1. The van der Waals surface area contributed by atoms with Crippen LogP contribution in [0.2, 0.25) is 10.0 Å². The van der Waals surface area contributed by atoms with Gasteiger partial charge in [0.25, 0.3) is 5.91 Å². The molecular weight excluding hydrogens is 506 g/mol. The van der Waals surface area contributed by atoms with Crippen LogP contribution in [0.4, 0.5) is 11.8 Å². The number of aromatic carboxylic acids is 1. The first kappa shape index (κ1) is 26.6. The van der Waals surface area contributed by atoms with Crippen LogP contribution in [0.15, 0.2) is 6.07 Å². The Hall–Kier alpha value is -2.45. The molecule has 5 rings (SSSR count). The number of rotatable bonds is 6. The van der Waals surface area contributed by atoms with Crippen molar-refractivity contribution in [2.24, 2.45) is 17.8 Å². The van der Waals surface area contributed by atoms with Crippen LogP contribution in [0, 0.1) is 24.7 Å². The summed E-state index contributed by atoms with van der Waals surface area (Å²) in [5.41, 5.74) is 0.767. The molecule has 1 saturated carbocycles. The molecule has 3 atom stereocenters. The number of halogens is 2. The number of anilines is 2. The van der Waals surface area contributed by atoms with Crippen molar-refractivity contribution in [3.05, 3.63) is 33.2 Å². The predicted octanol–water partition coefficient (Wildman–Crippen LogP) is 1.64. The average Bonchev–Trinajstić information content (AvgIpc) is 3.15. The standard InChI is InChI=1S/C22H24Cl2N6O5.Li.H/c1-9-15(23)16(24)18(25-9)19(31)28-17-11-7-30(8-12(11)17)14-6-13(21(34)35)26-22(27-14)29-4-2-10(3-5-29)20(32)33;;/h6,10-12,17,25H,2-5,7-8H2,1H3,(H,28,31)(H,32,33)(H,34,35);;/t11-,12+,17?;;. The molecular formula is C22H25Cl2LiN6O5. The molecule has 1 amide bonds. The Kier molecular flexibility index (Phi) is 7.49. The number of carboxylic acid groups (broad SMARTS) is 2. The Labute approximate surface area is 228 Å². The molecule has 0 radical (unpaired) electrons. The number of aromatic nitrogens is 3. The maximum atomic E-state index is 12.6. The Balaban J connectivity index is 0.00000304. The number of aromatic amines is 1. The number of hydrogen-bond acceptors (Lipinski definition) is 7. The molecule has 4 N–H and O–H groups in total. The number of carbonyl (C=O) groups excluding carboxylic acids is 1. The number of piperidine rings is 2. The third kappa shape index (κ3) is 4.90. The molecule has 36 heavy (non-hydrogen) atoms. The topological polar surface area (TPSA) is 152 Å². The molecule has 11 nitrogen and oxygen atoms in total. The summed E-state index contributed by atoms with van der Waals surface area (Å²) in [5.74, 6) is -1.46. The molecule has 14 heteroatoms. The molecule has 1 aliphatic carbocycles. The van der Waals surface area contributed by atoms with E-state index in [0.717, 1.165) is 0 Å². The molecule has 3 fully saturated rings. The van der Waals surface area contributed by atoms with Crippen molar-refractivity contribution in [2.75, 3.05) is 36.0 Å². The quantitative estimate of drug-likeness (QED) is 0.408. The molecule has 3 aliphatic rings. The van der Waals surface area contributed by atoms with E-state index in [1.54, 1.807) is 6.92 Å². The van der Waals surface area contributed by atoms with Crippen LogP contribution >= 0.6 is 23.2 Å². The Morgan fingerprint density at radius 1 is 1.06 bits per heavy atom. The zero-order chi connectivity index (χ0) is 25.0. The van der Waals surface area contributed by atoms with Gasteiger partial charge in [0.15, 0.2) is 5.69 Å². The number of nitrogens with zero attached hydrogens (tertiary/aromatic N) is 4. The summed E-state index contributed by atoms with van der Waals surface area (Å²) >= 11 is 12.2. The van der Waals surface area contributed by atoms with Gasteiger partial charge in [0, 0.05) is 55.8 Å². The van der Waals surface area contributed by atoms with Crippen molar-refractivity contribution in [2.45, 2.75) is 25.8 Å². The number of carbonyl (C=O) groups is 3. The van der Waals surface area contributed by atoms with Crippen LogP contribution in [-0.4, -0.2) is 94.1 Å². The second-order valence-electron chi connectivity index (χ2n) is 9.30. The van der Waals surface area contributed by atoms with Gasteiger partial charge in [0.1, 0.15) is 11.5 Å². The number of nitrogens with one attached hydrogen (secondary N) is 2. The number of aryl methyl sites for hydroxylation is 1. The molecule has 1 unspecified atom stereocenters. The molecule has 2 aromatic heterocycles. The Morgan fingerprint density at radius 2 is 1.69 bits per heavy atom. The van der Waals surface area contributed by atoms with E-state index in [0.29, 0.717) is 61.5 Å². The number of H-pyrrole nitrogens is 1. The van der Waals surface area contributed by atoms with E-state index in [1.807, 2.05) is 9.80 Å². The summed E-state index contributed by atoms with van der Waals surface area (Å²) < 4.78 is 0. The maximum absolute atomic E-state index is 12.6. The third-order valence-corrected chi connectivity index (χ3v) is 8.09. The minimum atomic E-state index is -1.15. The van der Waals surface area contributed by atoms with Crippen molar-refractivity contribution in [1.29, 1.82) is 0 Å². The number of aliphatic carboxylic acids is 1. The fourth-order valence-electron chi connectivity index (χ4n) is 5.04. The molecule has 2 saturated heterocycles. The zero-order valence-electron chi connectivity index (χ0n) is 18.8. The summed E-state index contributed by atoms with van der Waals surface area (Å²) in [6.45, 7) is 3.87. The van der Waals surface area contributed by atoms with Gasteiger partial charge in [-0.05, 0) is 19.8 Å². The SMILES string of the molecule is Cc1[nH]c(C(=O)NC2[C@H]3CN(c4cc(C(=O)O)nc(N5CCC(C(=O)O)CC5)n4)C[C@@H]23)c(Cl)c1Cl.[LiH]. The Morgan fingerprint density at radius 3 is 2.22 bits per heavy atom. The first-order valence-corrected chi connectivity index (χ1v) is 12.1. The van der Waals surface area contributed by atoms with Gasteiger partial charge in [-0.15, -0.1) is 0 Å². The van der Waals surface area contributed by atoms with E-state index < -0.39 is 17.9 Å². The van der Waals surface area contributed by atoms with E-state index in [2.05, 4.69) is 20.3 Å². The fourth-order valence-corrected chi connectivity index (χ4v) is 5.46. The van der Waals surface area contributed by atoms with Gasteiger partial charge in [-0.3, -0.25) is 9.59 Å². The number of fused-ring (bicyclic) bond motifs is 1. The van der Waals surface area contributed by atoms with E-state index in [-0.39, 0.29) is 59.1 Å². The summed E-state index contributed by atoms with van der Waals surface area (Å²) in [7, 11) is 0. The third-order valence-electron chi connectivity index (χ3n) is 7.14.